The summed E-state index contributed by atoms with van der Waals surface area (Å²) in [7, 11) is 0. The van der Waals surface area contributed by atoms with E-state index in [0.717, 1.165) is 0 Å². The van der Waals surface area contributed by atoms with Crippen LogP contribution in [0, 0.1) is 0 Å². The molecule has 1 aliphatic heterocycles. The van der Waals surface area contributed by atoms with Gasteiger partial charge < -0.3 is 10.2 Å². The minimum absolute atomic E-state index is 0.0292. The van der Waals surface area contributed by atoms with Crippen LogP contribution in [0.25, 0.3) is 0 Å². The van der Waals surface area contributed by atoms with E-state index in [9.17, 15) is 19.2 Å². The number of carbonyl (C=O) groups excluding carboxylic acids is 4. The molecule has 1 heterocycles. The highest BCUT2D eigenvalue weighted by Crippen LogP contribution is 2.13. The zero-order chi connectivity index (χ0) is 14.3. The first-order chi connectivity index (χ1) is 9.04. The number of hydroxylamine groups is 2. The van der Waals surface area contributed by atoms with Crippen LogP contribution < -0.4 is 5.32 Å². The van der Waals surface area contributed by atoms with Gasteiger partial charge in [0.05, 0.1) is 0 Å². The first-order valence-electron chi connectivity index (χ1n) is 5.98. The summed E-state index contributed by atoms with van der Waals surface area (Å²) < 4.78 is 0. The van der Waals surface area contributed by atoms with Crippen LogP contribution in [0.15, 0.2) is 12.7 Å². The monoisotopic (exact) mass is 268 g/mol. The van der Waals surface area contributed by atoms with Crippen LogP contribution in [0.3, 0.4) is 0 Å². The number of imide groups is 1. The summed E-state index contributed by atoms with van der Waals surface area (Å²) in [5.41, 5.74) is 0. The van der Waals surface area contributed by atoms with E-state index < -0.39 is 17.8 Å². The van der Waals surface area contributed by atoms with E-state index in [4.69, 9.17) is 0 Å². The summed E-state index contributed by atoms with van der Waals surface area (Å²) in [5.74, 6) is -1.91. The predicted octanol–water partition coefficient (Wildman–Crippen LogP) is 0.0661. The highest BCUT2D eigenvalue weighted by atomic mass is 16.7. The lowest BCUT2D eigenvalue weighted by Gasteiger charge is -2.12. The molecule has 0 spiro atoms. The van der Waals surface area contributed by atoms with Gasteiger partial charge in [-0.1, -0.05) is 6.08 Å². The second-order valence-corrected chi connectivity index (χ2v) is 3.99. The van der Waals surface area contributed by atoms with Crippen molar-refractivity contribution in [3.8, 4) is 0 Å². The average Bonchev–Trinajstić information content (AvgIpc) is 2.68. The SMILES string of the molecule is C=CCNC(=O)CCCC(=O)ON1C(=O)CCC1=O. The van der Waals surface area contributed by atoms with Crippen LogP contribution in [0.5, 0.6) is 0 Å². The molecule has 104 valence electrons. The second kappa shape index (κ2) is 7.30. The van der Waals surface area contributed by atoms with E-state index in [2.05, 4.69) is 16.7 Å². The van der Waals surface area contributed by atoms with Gasteiger partial charge in [0, 0.05) is 32.2 Å². The highest BCUT2D eigenvalue weighted by Gasteiger charge is 2.32. The van der Waals surface area contributed by atoms with Crippen molar-refractivity contribution in [3.63, 3.8) is 0 Å². The number of nitrogens with one attached hydrogen (secondary N) is 1. The molecule has 0 aromatic rings. The zero-order valence-corrected chi connectivity index (χ0v) is 10.5. The van der Waals surface area contributed by atoms with Crippen LogP contribution in [0.2, 0.25) is 0 Å². The molecule has 0 saturated carbocycles. The Kier molecular flexibility index (Phi) is 5.72. The van der Waals surface area contributed by atoms with Crippen LogP contribution in [-0.2, 0) is 24.0 Å². The largest absolute Gasteiger partial charge is 0.353 e. The molecule has 0 bridgehead atoms. The molecule has 1 fully saturated rings. The Morgan fingerprint density at radius 1 is 1.26 bits per heavy atom. The Morgan fingerprint density at radius 3 is 2.47 bits per heavy atom. The van der Waals surface area contributed by atoms with Crippen LogP contribution in [0.1, 0.15) is 32.1 Å². The molecule has 0 aliphatic carbocycles. The first-order valence-corrected chi connectivity index (χ1v) is 5.98. The maximum Gasteiger partial charge on any atom is 0.333 e. The fourth-order valence-corrected chi connectivity index (χ4v) is 1.47. The van der Waals surface area contributed by atoms with Gasteiger partial charge in [-0.25, -0.2) is 4.79 Å². The maximum absolute atomic E-state index is 11.4. The molecule has 19 heavy (non-hydrogen) atoms. The zero-order valence-electron chi connectivity index (χ0n) is 10.5. The van der Waals surface area contributed by atoms with Gasteiger partial charge in [-0.05, 0) is 6.42 Å². The van der Waals surface area contributed by atoms with Gasteiger partial charge in [0.1, 0.15) is 0 Å². The molecule has 0 atom stereocenters. The fraction of sp³-hybridized carbons (Fsp3) is 0.500. The molecule has 1 rings (SSSR count). The van der Waals surface area contributed by atoms with Crippen LogP contribution >= 0.6 is 0 Å². The Balaban J connectivity index is 2.21. The van der Waals surface area contributed by atoms with E-state index in [1.807, 2.05) is 0 Å². The third-order valence-electron chi connectivity index (χ3n) is 2.43. The van der Waals surface area contributed by atoms with Gasteiger partial charge in [-0.15, -0.1) is 11.6 Å². The van der Waals surface area contributed by atoms with Crippen molar-refractivity contribution in [2.45, 2.75) is 32.1 Å². The van der Waals surface area contributed by atoms with Crippen molar-refractivity contribution in [1.82, 2.24) is 10.4 Å². The molecule has 1 aliphatic rings. The minimum atomic E-state index is -0.694. The molecule has 1 N–H and O–H groups in total. The van der Waals surface area contributed by atoms with E-state index in [-0.39, 0.29) is 38.0 Å². The van der Waals surface area contributed by atoms with Crippen LogP contribution in [0.4, 0.5) is 0 Å². The summed E-state index contributed by atoms with van der Waals surface area (Å²) >= 11 is 0. The molecule has 1 saturated heterocycles. The smallest absolute Gasteiger partial charge is 0.333 e. The van der Waals surface area contributed by atoms with Gasteiger partial charge in [0.15, 0.2) is 0 Å². The van der Waals surface area contributed by atoms with Crippen molar-refractivity contribution >= 4 is 23.7 Å². The van der Waals surface area contributed by atoms with Crippen molar-refractivity contribution in [3.05, 3.63) is 12.7 Å². The van der Waals surface area contributed by atoms with E-state index in [1.165, 1.54) is 0 Å². The molecule has 0 radical (unpaired) electrons. The Hall–Kier alpha value is -2.18. The van der Waals surface area contributed by atoms with Gasteiger partial charge >= 0.3 is 5.97 Å². The Bertz CT molecular complexity index is 389. The van der Waals surface area contributed by atoms with Crippen molar-refractivity contribution in [1.29, 1.82) is 0 Å². The minimum Gasteiger partial charge on any atom is -0.353 e. The van der Waals surface area contributed by atoms with Crippen molar-refractivity contribution in [2.24, 2.45) is 0 Å². The van der Waals surface area contributed by atoms with Crippen LogP contribution in [-0.4, -0.2) is 35.3 Å². The molecule has 0 aromatic carbocycles. The average molecular weight is 268 g/mol. The van der Waals surface area contributed by atoms with Gasteiger partial charge in [0.2, 0.25) is 5.91 Å². The molecule has 7 heteroatoms. The number of hydrogen-bond acceptors (Lipinski definition) is 5. The Labute approximate surface area is 110 Å². The quantitative estimate of drug-likeness (QED) is 0.521. The number of nitrogens with zero attached hydrogens (tertiary/aromatic N) is 1. The molecule has 0 unspecified atom stereocenters. The molecule has 3 amide bonds. The number of amides is 3. The lowest BCUT2D eigenvalue weighted by atomic mass is 10.2. The fourth-order valence-electron chi connectivity index (χ4n) is 1.47. The van der Waals surface area contributed by atoms with Gasteiger partial charge in [0.25, 0.3) is 11.8 Å². The summed E-state index contributed by atoms with van der Waals surface area (Å²) in [5, 5.41) is 3.07. The molecular formula is C12H16N2O5. The van der Waals surface area contributed by atoms with Gasteiger partial charge in [-0.3, -0.25) is 14.4 Å². The second-order valence-electron chi connectivity index (χ2n) is 3.99. The number of rotatable bonds is 7. The van der Waals surface area contributed by atoms with E-state index >= 15 is 0 Å². The topological polar surface area (TPSA) is 92.8 Å². The predicted molar refractivity (Wildman–Crippen MR) is 64.2 cm³/mol. The first kappa shape index (κ1) is 14.9. The summed E-state index contributed by atoms with van der Waals surface area (Å²) in [6.45, 7) is 3.83. The van der Waals surface area contributed by atoms with E-state index in [0.29, 0.717) is 11.6 Å². The molecular weight excluding hydrogens is 252 g/mol. The van der Waals surface area contributed by atoms with Crippen molar-refractivity contribution < 1.29 is 24.0 Å². The third kappa shape index (κ3) is 4.90. The maximum atomic E-state index is 11.4. The summed E-state index contributed by atoms with van der Waals surface area (Å²) in [6, 6.07) is 0. The standard InChI is InChI=1S/C12H16N2O5/c1-2-8-13-9(15)4-3-5-12(18)19-14-10(16)6-7-11(14)17/h2H,1,3-8H2,(H,13,15). The highest BCUT2D eigenvalue weighted by molar-refractivity contribution is 6.01. The third-order valence-corrected chi connectivity index (χ3v) is 2.43. The molecule has 0 aromatic heterocycles. The Morgan fingerprint density at radius 2 is 1.89 bits per heavy atom. The summed E-state index contributed by atoms with van der Waals surface area (Å²) in [6.07, 6.45) is 2.12. The van der Waals surface area contributed by atoms with Gasteiger partial charge in [-0.2, -0.15) is 0 Å². The number of carbonyl (C=O) groups is 4. The number of hydrogen-bond donors (Lipinski definition) is 1. The lowest BCUT2D eigenvalue weighted by molar-refractivity contribution is -0.197. The van der Waals surface area contributed by atoms with Crippen molar-refractivity contribution in [2.75, 3.05) is 6.54 Å². The molecule has 7 nitrogen and oxygen atoms in total. The normalized spacial score (nSPS) is 14.4. The summed E-state index contributed by atoms with van der Waals surface area (Å²) in [4.78, 5) is 49.6. The van der Waals surface area contributed by atoms with E-state index in [1.54, 1.807) is 6.08 Å². The lowest BCUT2D eigenvalue weighted by Crippen LogP contribution is -2.32.